The Morgan fingerprint density at radius 3 is 2.26 bits per heavy atom. The quantitative estimate of drug-likeness (QED) is 0.820. The van der Waals surface area contributed by atoms with Gasteiger partial charge >= 0.3 is 6.03 Å². The zero-order chi connectivity index (χ0) is 19.6. The zero-order valence-corrected chi connectivity index (χ0v) is 17.0. The molecule has 2 aromatic carbocycles. The van der Waals surface area contributed by atoms with E-state index in [1.54, 1.807) is 35.2 Å². The van der Waals surface area contributed by atoms with Crippen LogP contribution in [-0.4, -0.2) is 37.7 Å². The summed E-state index contributed by atoms with van der Waals surface area (Å²) in [6, 6.07) is 12.1. The molecule has 1 fully saturated rings. The maximum absolute atomic E-state index is 12.8. The van der Waals surface area contributed by atoms with Gasteiger partial charge in [0.15, 0.2) is 9.84 Å². The number of likely N-dealkylation sites (tertiary alicyclic amines) is 1. The highest BCUT2D eigenvalue weighted by atomic mass is 35.5. The summed E-state index contributed by atoms with van der Waals surface area (Å²) >= 11 is 6.13. The van der Waals surface area contributed by atoms with Crippen LogP contribution in [0.2, 0.25) is 5.02 Å². The zero-order valence-electron chi connectivity index (χ0n) is 15.4. The van der Waals surface area contributed by atoms with E-state index in [0.29, 0.717) is 41.5 Å². The second-order valence-corrected chi connectivity index (χ2v) is 9.59. The molecule has 0 radical (unpaired) electrons. The van der Waals surface area contributed by atoms with Gasteiger partial charge in [0.25, 0.3) is 0 Å². The van der Waals surface area contributed by atoms with Crippen LogP contribution in [0.4, 0.5) is 10.5 Å². The molecule has 0 spiro atoms. The Labute approximate surface area is 165 Å². The van der Waals surface area contributed by atoms with E-state index in [9.17, 15) is 13.2 Å². The fraction of sp³-hybridized carbons (Fsp3) is 0.350. The number of hydrogen-bond donors (Lipinski definition) is 1. The minimum Gasteiger partial charge on any atom is -0.324 e. The van der Waals surface area contributed by atoms with Crippen LogP contribution in [0.15, 0.2) is 47.4 Å². The molecule has 144 valence electrons. The monoisotopic (exact) mass is 406 g/mol. The predicted molar refractivity (Wildman–Crippen MR) is 108 cm³/mol. The highest BCUT2D eigenvalue weighted by Gasteiger charge is 2.32. The lowest BCUT2D eigenvalue weighted by molar-refractivity contribution is 0.200. The topological polar surface area (TPSA) is 66.5 Å². The average Bonchev–Trinajstić information content (AvgIpc) is 2.65. The smallest absolute Gasteiger partial charge is 0.321 e. The summed E-state index contributed by atoms with van der Waals surface area (Å²) in [5.41, 5.74) is 2.59. The number of amides is 2. The van der Waals surface area contributed by atoms with E-state index >= 15 is 0 Å². The van der Waals surface area contributed by atoms with Crippen LogP contribution in [0.1, 0.15) is 24.0 Å². The molecule has 1 heterocycles. The summed E-state index contributed by atoms with van der Waals surface area (Å²) in [7, 11) is -3.38. The molecule has 0 aromatic heterocycles. The molecule has 5 nitrogen and oxygen atoms in total. The molecule has 1 N–H and O–H groups in total. The fourth-order valence-electron chi connectivity index (χ4n) is 3.22. The third-order valence-electron chi connectivity index (χ3n) is 4.88. The highest BCUT2D eigenvalue weighted by molar-refractivity contribution is 7.92. The number of nitrogens with one attached hydrogen (secondary N) is 1. The number of carbonyl (C=O) groups excluding carboxylic acids is 1. The summed E-state index contributed by atoms with van der Waals surface area (Å²) in [5, 5.41) is 2.83. The fourth-order valence-corrected chi connectivity index (χ4v) is 5.12. The molecule has 1 aliphatic heterocycles. The van der Waals surface area contributed by atoms with Crippen molar-refractivity contribution in [1.82, 2.24) is 4.90 Å². The van der Waals surface area contributed by atoms with Gasteiger partial charge in [-0.3, -0.25) is 0 Å². The number of aryl methyl sites for hydroxylation is 2. The van der Waals surface area contributed by atoms with Gasteiger partial charge < -0.3 is 10.2 Å². The molecule has 2 aromatic rings. The number of sulfone groups is 1. The molecule has 7 heteroatoms. The van der Waals surface area contributed by atoms with E-state index in [-0.39, 0.29) is 6.03 Å². The maximum atomic E-state index is 12.8. The van der Waals surface area contributed by atoms with Crippen molar-refractivity contribution in [2.24, 2.45) is 0 Å². The minimum atomic E-state index is -3.38. The lowest BCUT2D eigenvalue weighted by Crippen LogP contribution is -2.44. The van der Waals surface area contributed by atoms with Crippen LogP contribution < -0.4 is 5.32 Å². The van der Waals surface area contributed by atoms with Crippen LogP contribution in [0.3, 0.4) is 0 Å². The van der Waals surface area contributed by atoms with Gasteiger partial charge in [-0.05, 0) is 56.5 Å². The highest BCUT2D eigenvalue weighted by Crippen LogP contribution is 2.27. The molecule has 0 saturated carbocycles. The number of carbonyl (C=O) groups is 1. The summed E-state index contributed by atoms with van der Waals surface area (Å²) in [4.78, 5) is 14.5. The minimum absolute atomic E-state index is 0.256. The number of nitrogens with zero attached hydrogens (tertiary/aromatic N) is 1. The first kappa shape index (κ1) is 19.7. The molecule has 0 aliphatic carbocycles. The van der Waals surface area contributed by atoms with Crippen LogP contribution in [0.5, 0.6) is 0 Å². The van der Waals surface area contributed by atoms with Crippen LogP contribution in [0, 0.1) is 13.8 Å². The number of urea groups is 1. The van der Waals surface area contributed by atoms with E-state index in [2.05, 4.69) is 5.32 Å². The Kier molecular flexibility index (Phi) is 5.77. The molecule has 3 rings (SSSR count). The average molecular weight is 407 g/mol. The summed E-state index contributed by atoms with van der Waals surface area (Å²) < 4.78 is 25.6. The Morgan fingerprint density at radius 1 is 1.04 bits per heavy atom. The lowest BCUT2D eigenvalue weighted by Gasteiger charge is -2.32. The number of halogens is 1. The Balaban J connectivity index is 1.63. The lowest BCUT2D eigenvalue weighted by atomic mass is 10.1. The van der Waals surface area contributed by atoms with E-state index in [1.165, 1.54) is 0 Å². The van der Waals surface area contributed by atoms with Gasteiger partial charge in [-0.15, -0.1) is 0 Å². The van der Waals surface area contributed by atoms with Crippen molar-refractivity contribution in [2.75, 3.05) is 18.4 Å². The molecular formula is C20H23ClN2O3S. The number of benzene rings is 2. The van der Waals surface area contributed by atoms with Gasteiger partial charge in [0.1, 0.15) is 0 Å². The van der Waals surface area contributed by atoms with Crippen LogP contribution >= 0.6 is 11.6 Å². The van der Waals surface area contributed by atoms with Gasteiger partial charge in [0.2, 0.25) is 0 Å². The van der Waals surface area contributed by atoms with Crippen molar-refractivity contribution in [1.29, 1.82) is 0 Å². The Morgan fingerprint density at radius 2 is 1.63 bits per heavy atom. The molecule has 0 bridgehead atoms. The number of piperidine rings is 1. The second kappa shape index (κ2) is 7.90. The Bertz CT molecular complexity index is 934. The van der Waals surface area contributed by atoms with Crippen LogP contribution in [0.25, 0.3) is 0 Å². The first-order valence-corrected chi connectivity index (χ1v) is 10.8. The first-order valence-electron chi connectivity index (χ1n) is 8.90. The van der Waals surface area contributed by atoms with Crippen molar-refractivity contribution in [2.45, 2.75) is 36.8 Å². The van der Waals surface area contributed by atoms with Gasteiger partial charge in [-0.2, -0.15) is 0 Å². The first-order chi connectivity index (χ1) is 12.8. The normalized spacial score (nSPS) is 15.6. The molecule has 2 amide bonds. The number of anilines is 1. The van der Waals surface area contributed by atoms with Gasteiger partial charge in [-0.1, -0.05) is 35.4 Å². The van der Waals surface area contributed by atoms with Crippen molar-refractivity contribution < 1.29 is 13.2 Å². The van der Waals surface area contributed by atoms with E-state index in [1.807, 2.05) is 26.0 Å². The molecular weight excluding hydrogens is 384 g/mol. The number of rotatable bonds is 3. The van der Waals surface area contributed by atoms with Crippen molar-refractivity contribution in [3.8, 4) is 0 Å². The van der Waals surface area contributed by atoms with Gasteiger partial charge in [0.05, 0.1) is 20.9 Å². The third kappa shape index (κ3) is 4.45. The molecule has 0 unspecified atom stereocenters. The summed E-state index contributed by atoms with van der Waals surface area (Å²) in [5.74, 6) is 0. The van der Waals surface area contributed by atoms with E-state index in [4.69, 9.17) is 11.6 Å². The van der Waals surface area contributed by atoms with Gasteiger partial charge in [0, 0.05) is 13.1 Å². The summed E-state index contributed by atoms with van der Waals surface area (Å²) in [6.45, 7) is 4.64. The van der Waals surface area contributed by atoms with Crippen molar-refractivity contribution in [3.63, 3.8) is 0 Å². The van der Waals surface area contributed by atoms with Gasteiger partial charge in [-0.25, -0.2) is 13.2 Å². The second-order valence-electron chi connectivity index (χ2n) is 6.96. The molecule has 1 aliphatic rings. The SMILES string of the molecule is Cc1ccc(S(=O)(=O)C2CCN(C(=O)Nc3cc(C)ccc3Cl)CC2)cc1. The largest absolute Gasteiger partial charge is 0.324 e. The third-order valence-corrected chi connectivity index (χ3v) is 7.49. The van der Waals surface area contributed by atoms with Crippen LogP contribution in [-0.2, 0) is 9.84 Å². The maximum Gasteiger partial charge on any atom is 0.321 e. The van der Waals surface area contributed by atoms with Crippen molar-refractivity contribution >= 4 is 33.2 Å². The molecule has 1 saturated heterocycles. The van der Waals surface area contributed by atoms with E-state index in [0.717, 1.165) is 11.1 Å². The molecule has 0 atom stereocenters. The van der Waals surface area contributed by atoms with E-state index < -0.39 is 15.1 Å². The summed E-state index contributed by atoms with van der Waals surface area (Å²) in [6.07, 6.45) is 0.844. The van der Waals surface area contributed by atoms with Crippen molar-refractivity contribution in [3.05, 3.63) is 58.6 Å². The standard InChI is InChI=1S/C20H23ClN2O3S/c1-14-3-6-16(7-4-14)27(25,26)17-9-11-23(12-10-17)20(24)22-19-13-15(2)5-8-18(19)21/h3-8,13,17H,9-12H2,1-2H3,(H,22,24). The number of hydrogen-bond acceptors (Lipinski definition) is 3. The molecule has 27 heavy (non-hydrogen) atoms. The Hall–Kier alpha value is -2.05. The predicted octanol–water partition coefficient (Wildman–Crippen LogP) is 4.43.